The summed E-state index contributed by atoms with van der Waals surface area (Å²) >= 11 is 0. The van der Waals surface area contributed by atoms with Crippen LogP contribution in [0.1, 0.15) is 60.8 Å². The summed E-state index contributed by atoms with van der Waals surface area (Å²) in [7, 11) is 3.59. The zero-order valence-electron chi connectivity index (χ0n) is 19.7. The number of nitrogens with zero attached hydrogens (tertiary/aromatic N) is 3. The maximum atomic E-state index is 12.2. The molecule has 0 radical (unpaired) electrons. The maximum absolute atomic E-state index is 12.2. The lowest BCUT2D eigenvalue weighted by atomic mass is 10.0. The average Bonchev–Trinajstić information content (AvgIpc) is 2.59. The van der Waals surface area contributed by atoms with Crippen molar-refractivity contribution in [2.45, 2.75) is 78.5 Å². The molecule has 1 atom stereocenters. The highest BCUT2D eigenvalue weighted by atomic mass is 127. The zero-order chi connectivity index (χ0) is 21.3. The molecule has 1 rings (SSSR count). The topological polar surface area (TPSA) is 69.2 Å². The van der Waals surface area contributed by atoms with E-state index in [0.717, 1.165) is 50.8 Å². The lowest BCUT2D eigenvalue weighted by molar-refractivity contribution is 0.0230. The number of carbonyl (C=O) groups is 1. The van der Waals surface area contributed by atoms with E-state index in [-0.39, 0.29) is 36.1 Å². The maximum Gasteiger partial charge on any atom is 0.410 e. The summed E-state index contributed by atoms with van der Waals surface area (Å²) in [5.74, 6) is 1.56. The Kier molecular flexibility index (Phi) is 13.2. The molecule has 0 spiro atoms. The monoisotopic (exact) mass is 525 g/mol. The molecule has 8 heteroatoms. The van der Waals surface area contributed by atoms with Crippen molar-refractivity contribution in [3.63, 3.8) is 0 Å². The van der Waals surface area contributed by atoms with Crippen LogP contribution in [0.15, 0.2) is 4.99 Å². The molecule has 0 aliphatic carbocycles. The second kappa shape index (κ2) is 13.5. The zero-order valence-corrected chi connectivity index (χ0v) is 22.1. The molecule has 172 valence electrons. The van der Waals surface area contributed by atoms with Crippen molar-refractivity contribution >= 4 is 36.0 Å². The van der Waals surface area contributed by atoms with Crippen molar-refractivity contribution in [1.29, 1.82) is 0 Å². The van der Waals surface area contributed by atoms with Gasteiger partial charge in [-0.1, -0.05) is 13.8 Å². The molecule has 2 N–H and O–H groups in total. The minimum Gasteiger partial charge on any atom is -0.444 e. The largest absolute Gasteiger partial charge is 0.444 e. The van der Waals surface area contributed by atoms with Crippen LogP contribution in [0.3, 0.4) is 0 Å². The number of piperidine rings is 1. The molecule has 1 amide bonds. The van der Waals surface area contributed by atoms with E-state index >= 15 is 0 Å². The molecule has 29 heavy (non-hydrogen) atoms. The highest BCUT2D eigenvalue weighted by molar-refractivity contribution is 14.0. The first kappa shape index (κ1) is 28.2. The van der Waals surface area contributed by atoms with Gasteiger partial charge in [0.2, 0.25) is 0 Å². The summed E-state index contributed by atoms with van der Waals surface area (Å²) in [5.41, 5.74) is -0.472. The van der Waals surface area contributed by atoms with Crippen molar-refractivity contribution in [2.75, 3.05) is 40.3 Å². The third-order valence-electron chi connectivity index (χ3n) is 4.97. The molecule has 1 aliphatic rings. The normalized spacial score (nSPS) is 17.5. The molecular weight excluding hydrogens is 481 g/mol. The van der Waals surface area contributed by atoms with Crippen molar-refractivity contribution < 1.29 is 9.53 Å². The summed E-state index contributed by atoms with van der Waals surface area (Å²) < 4.78 is 5.43. The van der Waals surface area contributed by atoms with E-state index in [2.05, 4.69) is 34.4 Å². The van der Waals surface area contributed by atoms with Crippen LogP contribution < -0.4 is 10.6 Å². The van der Waals surface area contributed by atoms with Gasteiger partial charge in [0.25, 0.3) is 0 Å². The third kappa shape index (κ3) is 11.9. The minimum absolute atomic E-state index is 0. The first-order chi connectivity index (χ1) is 13.0. The van der Waals surface area contributed by atoms with Crippen LogP contribution in [-0.2, 0) is 4.74 Å². The Morgan fingerprint density at radius 2 is 1.83 bits per heavy atom. The van der Waals surface area contributed by atoms with Gasteiger partial charge < -0.3 is 25.2 Å². The Morgan fingerprint density at radius 1 is 1.24 bits per heavy atom. The summed E-state index contributed by atoms with van der Waals surface area (Å²) in [5, 5.41) is 6.92. The SMILES string of the molecule is CN=C(NCCC(C)N(C)C(=O)OC(C)(C)C)NC1CCN(CC(C)C)CC1.I. The van der Waals surface area contributed by atoms with Crippen LogP contribution in [0.5, 0.6) is 0 Å². The standard InChI is InChI=1S/C21H43N5O2.HI/c1-16(2)15-26-13-10-18(11-14-26)24-19(22-7)23-12-9-17(3)25(8)20(27)28-21(4,5)6;/h16-18H,9-15H2,1-8H3,(H2,22,23,24);1H. The van der Waals surface area contributed by atoms with Crippen molar-refractivity contribution in [3.05, 3.63) is 0 Å². The number of rotatable bonds is 7. The van der Waals surface area contributed by atoms with E-state index in [1.807, 2.05) is 27.7 Å². The van der Waals surface area contributed by atoms with E-state index in [0.29, 0.717) is 6.04 Å². The molecule has 0 aromatic carbocycles. The molecule has 1 unspecified atom stereocenters. The van der Waals surface area contributed by atoms with Gasteiger partial charge in [-0.05, 0) is 52.9 Å². The van der Waals surface area contributed by atoms with Crippen LogP contribution in [0, 0.1) is 5.92 Å². The smallest absolute Gasteiger partial charge is 0.410 e. The van der Waals surface area contributed by atoms with Gasteiger partial charge in [0.1, 0.15) is 5.60 Å². The van der Waals surface area contributed by atoms with Gasteiger partial charge in [-0.2, -0.15) is 0 Å². The Morgan fingerprint density at radius 3 is 2.31 bits per heavy atom. The van der Waals surface area contributed by atoms with Crippen molar-refractivity contribution in [2.24, 2.45) is 10.9 Å². The minimum atomic E-state index is -0.472. The predicted octanol–water partition coefficient (Wildman–Crippen LogP) is 3.54. The van der Waals surface area contributed by atoms with E-state index < -0.39 is 5.60 Å². The van der Waals surface area contributed by atoms with Crippen molar-refractivity contribution in [3.8, 4) is 0 Å². The fraction of sp³-hybridized carbons (Fsp3) is 0.905. The highest BCUT2D eigenvalue weighted by Gasteiger charge is 2.23. The molecular formula is C21H44IN5O2. The van der Waals surface area contributed by atoms with E-state index in [1.54, 1.807) is 19.0 Å². The molecule has 0 aromatic rings. The second-order valence-electron chi connectivity index (χ2n) is 9.34. The van der Waals surface area contributed by atoms with Gasteiger partial charge in [0, 0.05) is 52.4 Å². The van der Waals surface area contributed by atoms with E-state index in [9.17, 15) is 4.79 Å². The fourth-order valence-corrected chi connectivity index (χ4v) is 3.27. The summed E-state index contributed by atoms with van der Waals surface area (Å²) in [6.45, 7) is 16.5. The van der Waals surface area contributed by atoms with Crippen LogP contribution >= 0.6 is 24.0 Å². The van der Waals surface area contributed by atoms with Crippen LogP contribution in [0.2, 0.25) is 0 Å². The summed E-state index contributed by atoms with van der Waals surface area (Å²) in [6.07, 6.45) is 2.83. The Labute approximate surface area is 195 Å². The number of aliphatic imine (C=N–C) groups is 1. The van der Waals surface area contributed by atoms with Crippen LogP contribution in [-0.4, -0.2) is 79.8 Å². The lowest BCUT2D eigenvalue weighted by Crippen LogP contribution is -2.49. The van der Waals surface area contributed by atoms with Gasteiger partial charge in [0.15, 0.2) is 5.96 Å². The second-order valence-corrected chi connectivity index (χ2v) is 9.34. The van der Waals surface area contributed by atoms with E-state index in [4.69, 9.17) is 4.74 Å². The summed E-state index contributed by atoms with van der Waals surface area (Å²) in [6, 6.07) is 0.552. The Hall–Kier alpha value is -0.770. The summed E-state index contributed by atoms with van der Waals surface area (Å²) in [4.78, 5) is 20.7. The van der Waals surface area contributed by atoms with Gasteiger partial charge >= 0.3 is 6.09 Å². The first-order valence-corrected chi connectivity index (χ1v) is 10.7. The molecule has 0 bridgehead atoms. The first-order valence-electron chi connectivity index (χ1n) is 10.7. The predicted molar refractivity (Wildman–Crippen MR) is 132 cm³/mol. The fourth-order valence-electron chi connectivity index (χ4n) is 3.27. The third-order valence-corrected chi connectivity index (χ3v) is 4.97. The van der Waals surface area contributed by atoms with Gasteiger partial charge in [-0.3, -0.25) is 4.99 Å². The van der Waals surface area contributed by atoms with Crippen LogP contribution in [0.4, 0.5) is 4.79 Å². The number of halogens is 1. The van der Waals surface area contributed by atoms with Gasteiger partial charge in [-0.15, -0.1) is 24.0 Å². The lowest BCUT2D eigenvalue weighted by Gasteiger charge is -2.34. The number of likely N-dealkylation sites (tertiary alicyclic amines) is 1. The number of amides is 1. The van der Waals surface area contributed by atoms with Gasteiger partial charge in [0.05, 0.1) is 0 Å². The number of carbonyl (C=O) groups excluding carboxylic acids is 1. The van der Waals surface area contributed by atoms with E-state index in [1.165, 1.54) is 6.54 Å². The number of nitrogens with one attached hydrogen (secondary N) is 2. The van der Waals surface area contributed by atoms with Gasteiger partial charge in [-0.25, -0.2) is 4.79 Å². The number of hydrogen-bond donors (Lipinski definition) is 2. The molecule has 1 fully saturated rings. The molecule has 1 aliphatic heterocycles. The molecule has 1 heterocycles. The van der Waals surface area contributed by atoms with Crippen molar-refractivity contribution in [1.82, 2.24) is 20.4 Å². The average molecular weight is 526 g/mol. The highest BCUT2D eigenvalue weighted by Crippen LogP contribution is 2.13. The molecule has 0 aromatic heterocycles. The quantitative estimate of drug-likeness (QED) is 0.303. The number of ether oxygens (including phenoxy) is 1. The molecule has 0 saturated carbocycles. The Balaban J connectivity index is 0.00000784. The number of hydrogen-bond acceptors (Lipinski definition) is 4. The van der Waals surface area contributed by atoms with Crippen LogP contribution in [0.25, 0.3) is 0 Å². The Bertz CT molecular complexity index is 500. The molecule has 7 nitrogen and oxygen atoms in total. The number of guanidine groups is 1. The molecule has 1 saturated heterocycles.